The van der Waals surface area contributed by atoms with Gasteiger partial charge in [-0.25, -0.2) is 0 Å². The van der Waals surface area contributed by atoms with Crippen LogP contribution in [0.25, 0.3) is 10.8 Å². The van der Waals surface area contributed by atoms with Crippen LogP contribution in [0.2, 0.25) is 0 Å². The Kier molecular flexibility index (Phi) is 3.31. The van der Waals surface area contributed by atoms with Gasteiger partial charge >= 0.3 is 0 Å². The maximum atomic E-state index is 11.9. The van der Waals surface area contributed by atoms with Gasteiger partial charge in [-0.3, -0.25) is 4.79 Å². The molecule has 0 aliphatic rings. The zero-order valence-electron chi connectivity index (χ0n) is 10.8. The first-order valence-electron chi connectivity index (χ1n) is 6.43. The summed E-state index contributed by atoms with van der Waals surface area (Å²) in [5.74, 6) is 5.47. The normalized spacial score (nSPS) is 9.80. The predicted octanol–water partition coefficient (Wildman–Crippen LogP) is 4.07. The highest BCUT2D eigenvalue weighted by molar-refractivity contribution is 6.09. The van der Waals surface area contributed by atoms with Crippen molar-refractivity contribution in [3.05, 3.63) is 83.9 Å². The van der Waals surface area contributed by atoms with Crippen LogP contribution >= 0.6 is 0 Å². The number of carbonyl (C=O) groups is 1. The van der Waals surface area contributed by atoms with Crippen LogP contribution in [0, 0.1) is 11.8 Å². The molecule has 0 saturated heterocycles. The van der Waals surface area contributed by atoms with E-state index in [1.807, 2.05) is 54.6 Å². The Balaban J connectivity index is 1.90. The number of benzene rings is 3. The van der Waals surface area contributed by atoms with E-state index in [0.29, 0.717) is 5.56 Å². The summed E-state index contributed by atoms with van der Waals surface area (Å²) >= 11 is 0. The number of fused-ring (bicyclic) bond motifs is 1. The lowest BCUT2D eigenvalue weighted by Gasteiger charge is -1.97. The van der Waals surface area contributed by atoms with Crippen molar-refractivity contribution >= 4 is 16.6 Å². The molecule has 1 nitrogen and oxygen atoms in total. The fourth-order valence-corrected chi connectivity index (χ4v) is 2.06. The van der Waals surface area contributed by atoms with E-state index in [9.17, 15) is 4.79 Å². The lowest BCUT2D eigenvalue weighted by atomic mass is 10.1. The van der Waals surface area contributed by atoms with Crippen LogP contribution in [0.5, 0.6) is 0 Å². The van der Waals surface area contributed by atoms with Crippen LogP contribution in [0.3, 0.4) is 0 Å². The van der Waals surface area contributed by atoms with Crippen LogP contribution in [0.4, 0.5) is 0 Å². The van der Waals surface area contributed by atoms with E-state index in [1.165, 1.54) is 5.39 Å². The molecule has 0 N–H and O–H groups in total. The molecule has 3 aromatic carbocycles. The standard InChI is InChI=1S/C19H12O/c20-19(17-7-2-1-3-8-17)13-11-15-10-12-16-6-4-5-9-18(16)14-15/h1-10,12,14H. The van der Waals surface area contributed by atoms with Crippen molar-refractivity contribution in [1.82, 2.24) is 0 Å². The van der Waals surface area contributed by atoms with Gasteiger partial charge in [0.25, 0.3) is 0 Å². The SMILES string of the molecule is O=C(C#Cc1ccc2ccccc2c1)c1ccccc1. The van der Waals surface area contributed by atoms with Gasteiger partial charge in [0.15, 0.2) is 0 Å². The molecule has 0 fully saturated rings. The van der Waals surface area contributed by atoms with Crippen molar-refractivity contribution in [2.24, 2.45) is 0 Å². The van der Waals surface area contributed by atoms with Gasteiger partial charge < -0.3 is 0 Å². The Bertz CT molecular complexity index is 820. The highest BCUT2D eigenvalue weighted by atomic mass is 16.1. The van der Waals surface area contributed by atoms with Crippen molar-refractivity contribution in [2.45, 2.75) is 0 Å². The van der Waals surface area contributed by atoms with Crippen LogP contribution in [-0.4, -0.2) is 5.78 Å². The Morgan fingerprint density at radius 3 is 2.25 bits per heavy atom. The molecule has 20 heavy (non-hydrogen) atoms. The highest BCUT2D eigenvalue weighted by Crippen LogP contribution is 2.14. The van der Waals surface area contributed by atoms with E-state index in [0.717, 1.165) is 10.9 Å². The molecule has 0 bridgehead atoms. The third-order valence-corrected chi connectivity index (χ3v) is 3.11. The second kappa shape index (κ2) is 5.42. The first kappa shape index (κ1) is 12.2. The molecule has 94 valence electrons. The third kappa shape index (κ3) is 2.60. The molecule has 0 heterocycles. The number of rotatable bonds is 1. The van der Waals surface area contributed by atoms with Gasteiger partial charge in [-0.15, -0.1) is 0 Å². The smallest absolute Gasteiger partial charge is 0.236 e. The molecule has 0 atom stereocenters. The quantitative estimate of drug-likeness (QED) is 0.473. The summed E-state index contributed by atoms with van der Waals surface area (Å²) in [4.78, 5) is 11.9. The van der Waals surface area contributed by atoms with E-state index in [4.69, 9.17) is 0 Å². The molecule has 1 heteroatoms. The number of ketones is 1. The first-order valence-corrected chi connectivity index (χ1v) is 6.43. The molecule has 0 spiro atoms. The summed E-state index contributed by atoms with van der Waals surface area (Å²) in [6, 6.07) is 23.2. The summed E-state index contributed by atoms with van der Waals surface area (Å²) in [6.45, 7) is 0. The second-order valence-electron chi connectivity index (χ2n) is 4.51. The molecule has 0 unspecified atom stereocenters. The van der Waals surface area contributed by atoms with Crippen molar-refractivity contribution in [3.8, 4) is 11.8 Å². The molecule has 0 aromatic heterocycles. The average molecular weight is 256 g/mol. The minimum atomic E-state index is -0.154. The number of hydrogen-bond donors (Lipinski definition) is 0. The Hall–Kier alpha value is -2.85. The Morgan fingerprint density at radius 2 is 1.45 bits per heavy atom. The van der Waals surface area contributed by atoms with E-state index in [-0.39, 0.29) is 5.78 Å². The van der Waals surface area contributed by atoms with Crippen LogP contribution < -0.4 is 0 Å². The van der Waals surface area contributed by atoms with E-state index in [2.05, 4.69) is 17.9 Å². The number of Topliss-reactive ketones (excluding diaryl/α,β-unsaturated/α-hetero) is 1. The fraction of sp³-hybridized carbons (Fsp3) is 0. The van der Waals surface area contributed by atoms with Gasteiger partial charge in [0.1, 0.15) is 0 Å². The molecular formula is C19H12O. The number of hydrogen-bond acceptors (Lipinski definition) is 1. The van der Waals surface area contributed by atoms with Crippen LogP contribution in [0.1, 0.15) is 15.9 Å². The predicted molar refractivity (Wildman–Crippen MR) is 81.6 cm³/mol. The third-order valence-electron chi connectivity index (χ3n) is 3.11. The molecule has 0 saturated carbocycles. The van der Waals surface area contributed by atoms with Crippen molar-refractivity contribution in [1.29, 1.82) is 0 Å². The van der Waals surface area contributed by atoms with Gasteiger partial charge in [0.05, 0.1) is 0 Å². The summed E-state index contributed by atoms with van der Waals surface area (Å²) < 4.78 is 0. The molecule has 0 aliphatic carbocycles. The molecule has 0 aliphatic heterocycles. The Morgan fingerprint density at radius 1 is 0.750 bits per heavy atom. The summed E-state index contributed by atoms with van der Waals surface area (Å²) in [6.07, 6.45) is 0. The average Bonchev–Trinajstić information content (AvgIpc) is 2.53. The maximum Gasteiger partial charge on any atom is 0.236 e. The van der Waals surface area contributed by atoms with Gasteiger partial charge in [0, 0.05) is 11.1 Å². The van der Waals surface area contributed by atoms with Crippen molar-refractivity contribution in [3.63, 3.8) is 0 Å². The molecule has 3 rings (SSSR count). The zero-order chi connectivity index (χ0) is 13.8. The second-order valence-corrected chi connectivity index (χ2v) is 4.51. The highest BCUT2D eigenvalue weighted by Gasteiger charge is 1.99. The lowest BCUT2D eigenvalue weighted by Crippen LogP contribution is -1.93. The van der Waals surface area contributed by atoms with Gasteiger partial charge in [-0.2, -0.15) is 0 Å². The van der Waals surface area contributed by atoms with Gasteiger partial charge in [-0.1, -0.05) is 66.6 Å². The van der Waals surface area contributed by atoms with Crippen LogP contribution in [-0.2, 0) is 0 Å². The molecular weight excluding hydrogens is 244 g/mol. The lowest BCUT2D eigenvalue weighted by molar-refractivity contribution is 0.105. The monoisotopic (exact) mass is 256 g/mol. The van der Waals surface area contributed by atoms with Crippen LogP contribution in [0.15, 0.2) is 72.8 Å². The summed E-state index contributed by atoms with van der Waals surface area (Å²) in [7, 11) is 0. The van der Waals surface area contributed by atoms with Crippen molar-refractivity contribution < 1.29 is 4.79 Å². The molecule has 3 aromatic rings. The first-order chi connectivity index (χ1) is 9.83. The minimum absolute atomic E-state index is 0.154. The van der Waals surface area contributed by atoms with Gasteiger partial charge in [0.2, 0.25) is 5.78 Å². The van der Waals surface area contributed by atoms with E-state index < -0.39 is 0 Å². The summed E-state index contributed by atoms with van der Waals surface area (Å²) in [5.41, 5.74) is 1.48. The number of carbonyl (C=O) groups excluding carboxylic acids is 1. The van der Waals surface area contributed by atoms with E-state index in [1.54, 1.807) is 12.1 Å². The summed E-state index contributed by atoms with van der Waals surface area (Å²) in [5, 5.41) is 2.30. The van der Waals surface area contributed by atoms with Crippen molar-refractivity contribution in [2.75, 3.05) is 0 Å². The molecule has 0 amide bonds. The van der Waals surface area contributed by atoms with Gasteiger partial charge in [-0.05, 0) is 28.8 Å². The Labute approximate surface area is 117 Å². The van der Waals surface area contributed by atoms with E-state index >= 15 is 0 Å². The fourth-order valence-electron chi connectivity index (χ4n) is 2.06. The molecule has 0 radical (unpaired) electrons. The topological polar surface area (TPSA) is 17.1 Å². The zero-order valence-corrected chi connectivity index (χ0v) is 10.8. The largest absolute Gasteiger partial charge is 0.279 e. The maximum absolute atomic E-state index is 11.9. The minimum Gasteiger partial charge on any atom is -0.279 e.